The number of carbonyl (C=O) groups excluding carboxylic acids is 3. The van der Waals surface area contributed by atoms with E-state index >= 15 is 0 Å². The number of methoxy groups -OCH3 is 1. The normalized spacial score (nSPS) is 10.4. The maximum absolute atomic E-state index is 12.4. The molecule has 30 heavy (non-hydrogen) atoms. The van der Waals surface area contributed by atoms with E-state index in [1.54, 1.807) is 43.5 Å². The van der Waals surface area contributed by atoms with Crippen molar-refractivity contribution in [3.8, 4) is 5.75 Å². The fourth-order valence-electron chi connectivity index (χ4n) is 3.22. The number of hydrogen-bond acceptors (Lipinski definition) is 4. The number of carbonyl (C=O) groups is 3. The lowest BCUT2D eigenvalue weighted by molar-refractivity contribution is -0.118. The third-order valence-corrected chi connectivity index (χ3v) is 4.94. The van der Waals surface area contributed by atoms with Crippen molar-refractivity contribution in [3.63, 3.8) is 0 Å². The van der Waals surface area contributed by atoms with Gasteiger partial charge in [0.05, 0.1) is 13.5 Å². The molecule has 0 atom stereocenters. The standard InChI is InChI=1S/C26H24O4/c1-30-24-16-10-19(11-17-24)6-5-9-23(27)18-25(28)20-12-14-22(15-13-20)26(29)21-7-3-2-4-8-21/h2-4,7-8,10-17H,5-6,9,18H2,1H3. The van der Waals surface area contributed by atoms with Gasteiger partial charge in [0, 0.05) is 23.1 Å². The molecule has 4 heteroatoms. The Morgan fingerprint density at radius 3 is 1.97 bits per heavy atom. The van der Waals surface area contributed by atoms with Gasteiger partial charge in [-0.2, -0.15) is 0 Å². The minimum atomic E-state index is -0.219. The summed E-state index contributed by atoms with van der Waals surface area (Å²) < 4.78 is 5.13. The SMILES string of the molecule is COc1ccc(CCCC(=O)CC(=O)c2ccc(C(=O)c3ccccc3)cc2)cc1. The Kier molecular flexibility index (Phi) is 7.28. The van der Waals surface area contributed by atoms with Crippen LogP contribution in [0.2, 0.25) is 0 Å². The Morgan fingerprint density at radius 1 is 0.733 bits per heavy atom. The van der Waals surface area contributed by atoms with E-state index in [2.05, 4.69) is 0 Å². The summed E-state index contributed by atoms with van der Waals surface area (Å²) in [6.45, 7) is 0. The third-order valence-electron chi connectivity index (χ3n) is 4.94. The molecule has 0 fully saturated rings. The van der Waals surface area contributed by atoms with Crippen molar-refractivity contribution < 1.29 is 19.1 Å². The van der Waals surface area contributed by atoms with E-state index in [-0.39, 0.29) is 23.8 Å². The molecule has 0 aliphatic carbocycles. The lowest BCUT2D eigenvalue weighted by atomic mass is 9.98. The van der Waals surface area contributed by atoms with Gasteiger partial charge in [-0.05, 0) is 30.5 Å². The summed E-state index contributed by atoms with van der Waals surface area (Å²) in [4.78, 5) is 37.0. The zero-order chi connectivity index (χ0) is 21.3. The van der Waals surface area contributed by atoms with Crippen LogP contribution in [0.4, 0.5) is 0 Å². The van der Waals surface area contributed by atoms with Crippen LogP contribution < -0.4 is 4.74 Å². The first-order valence-electron chi connectivity index (χ1n) is 9.94. The van der Waals surface area contributed by atoms with Gasteiger partial charge < -0.3 is 4.74 Å². The van der Waals surface area contributed by atoms with Crippen LogP contribution in [0.3, 0.4) is 0 Å². The van der Waals surface area contributed by atoms with E-state index in [1.807, 2.05) is 42.5 Å². The van der Waals surface area contributed by atoms with Gasteiger partial charge in [-0.3, -0.25) is 14.4 Å². The highest BCUT2D eigenvalue weighted by Crippen LogP contribution is 2.15. The number of hydrogen-bond donors (Lipinski definition) is 0. The van der Waals surface area contributed by atoms with Crippen LogP contribution in [-0.2, 0) is 11.2 Å². The molecule has 0 bridgehead atoms. The molecule has 4 nitrogen and oxygen atoms in total. The van der Waals surface area contributed by atoms with Gasteiger partial charge in [0.2, 0.25) is 0 Å². The molecular weight excluding hydrogens is 376 g/mol. The van der Waals surface area contributed by atoms with E-state index in [0.29, 0.717) is 29.5 Å². The Bertz CT molecular complexity index is 1000. The maximum atomic E-state index is 12.4. The second kappa shape index (κ2) is 10.3. The predicted molar refractivity (Wildman–Crippen MR) is 116 cm³/mol. The van der Waals surface area contributed by atoms with Gasteiger partial charge in [-0.25, -0.2) is 0 Å². The maximum Gasteiger partial charge on any atom is 0.193 e. The van der Waals surface area contributed by atoms with Gasteiger partial charge in [-0.15, -0.1) is 0 Å². The molecule has 3 rings (SSSR count). The first-order valence-corrected chi connectivity index (χ1v) is 9.94. The molecule has 0 saturated carbocycles. The zero-order valence-electron chi connectivity index (χ0n) is 17.0. The molecule has 3 aromatic carbocycles. The minimum Gasteiger partial charge on any atom is -0.497 e. The van der Waals surface area contributed by atoms with Crippen LogP contribution in [0.25, 0.3) is 0 Å². The first kappa shape index (κ1) is 21.2. The molecule has 0 N–H and O–H groups in total. The summed E-state index contributed by atoms with van der Waals surface area (Å²) >= 11 is 0. The summed E-state index contributed by atoms with van der Waals surface area (Å²) in [5.74, 6) is 0.419. The van der Waals surface area contributed by atoms with Crippen molar-refractivity contribution in [2.75, 3.05) is 7.11 Å². The number of benzene rings is 3. The molecule has 0 spiro atoms. The molecule has 0 saturated heterocycles. The molecule has 0 heterocycles. The topological polar surface area (TPSA) is 60.4 Å². The summed E-state index contributed by atoms with van der Waals surface area (Å²) in [6, 6.07) is 23.2. The third kappa shape index (κ3) is 5.74. The highest BCUT2D eigenvalue weighted by atomic mass is 16.5. The van der Waals surface area contributed by atoms with Crippen molar-refractivity contribution in [2.24, 2.45) is 0 Å². The molecule has 152 valence electrons. The summed E-state index contributed by atoms with van der Waals surface area (Å²) in [5, 5.41) is 0. The second-order valence-electron chi connectivity index (χ2n) is 7.11. The quantitative estimate of drug-likeness (QED) is 0.351. The van der Waals surface area contributed by atoms with Crippen molar-refractivity contribution in [1.29, 1.82) is 0 Å². The summed E-state index contributed by atoms with van der Waals surface area (Å²) in [5.41, 5.74) is 2.70. The predicted octanol–water partition coefficient (Wildman–Crippen LogP) is 5.09. The van der Waals surface area contributed by atoms with Crippen LogP contribution in [0, 0.1) is 0 Å². The lowest BCUT2D eigenvalue weighted by Crippen LogP contribution is -2.09. The number of ketones is 3. The summed E-state index contributed by atoms with van der Waals surface area (Å²) in [6.07, 6.45) is 1.72. The summed E-state index contributed by atoms with van der Waals surface area (Å²) in [7, 11) is 1.62. The van der Waals surface area contributed by atoms with Crippen LogP contribution in [-0.4, -0.2) is 24.5 Å². The molecule has 3 aromatic rings. The highest BCUT2D eigenvalue weighted by molar-refractivity contribution is 6.11. The number of aryl methyl sites for hydroxylation is 1. The molecule has 0 aliphatic rings. The minimum absolute atomic E-state index is 0.0713. The fraction of sp³-hybridized carbons (Fsp3) is 0.192. The van der Waals surface area contributed by atoms with E-state index in [9.17, 15) is 14.4 Å². The molecular formula is C26H24O4. The van der Waals surface area contributed by atoms with E-state index in [4.69, 9.17) is 4.74 Å². The van der Waals surface area contributed by atoms with Crippen LogP contribution >= 0.6 is 0 Å². The average Bonchev–Trinajstić information content (AvgIpc) is 2.79. The molecule has 0 aromatic heterocycles. The van der Waals surface area contributed by atoms with Crippen LogP contribution in [0.1, 0.15) is 51.1 Å². The van der Waals surface area contributed by atoms with Gasteiger partial charge in [0.15, 0.2) is 11.6 Å². The molecule has 0 aliphatic heterocycles. The fourth-order valence-corrected chi connectivity index (χ4v) is 3.22. The van der Waals surface area contributed by atoms with E-state index in [0.717, 1.165) is 17.7 Å². The number of ether oxygens (including phenoxy) is 1. The van der Waals surface area contributed by atoms with Crippen LogP contribution in [0.15, 0.2) is 78.9 Å². The number of rotatable bonds is 10. The van der Waals surface area contributed by atoms with Crippen molar-refractivity contribution >= 4 is 17.3 Å². The average molecular weight is 400 g/mol. The van der Waals surface area contributed by atoms with Crippen LogP contribution in [0.5, 0.6) is 5.75 Å². The second-order valence-corrected chi connectivity index (χ2v) is 7.11. The monoisotopic (exact) mass is 400 g/mol. The smallest absolute Gasteiger partial charge is 0.193 e. The van der Waals surface area contributed by atoms with Gasteiger partial charge in [0.1, 0.15) is 11.5 Å². The Labute approximate surface area is 176 Å². The van der Waals surface area contributed by atoms with Gasteiger partial charge >= 0.3 is 0 Å². The van der Waals surface area contributed by atoms with Crippen molar-refractivity contribution in [3.05, 3.63) is 101 Å². The van der Waals surface area contributed by atoms with Gasteiger partial charge in [0.25, 0.3) is 0 Å². The van der Waals surface area contributed by atoms with E-state index < -0.39 is 0 Å². The molecule has 0 amide bonds. The number of Topliss-reactive ketones (excluding diaryl/α,β-unsaturated/α-hetero) is 2. The molecule has 0 radical (unpaired) electrons. The zero-order valence-corrected chi connectivity index (χ0v) is 17.0. The Balaban J connectivity index is 1.48. The highest BCUT2D eigenvalue weighted by Gasteiger charge is 2.14. The van der Waals surface area contributed by atoms with Crippen molar-refractivity contribution in [1.82, 2.24) is 0 Å². The first-order chi connectivity index (χ1) is 14.6. The Hall–Kier alpha value is -3.53. The molecule has 0 unspecified atom stereocenters. The van der Waals surface area contributed by atoms with Gasteiger partial charge in [-0.1, -0.05) is 66.7 Å². The lowest BCUT2D eigenvalue weighted by Gasteiger charge is -2.05. The van der Waals surface area contributed by atoms with E-state index in [1.165, 1.54) is 0 Å². The Morgan fingerprint density at radius 2 is 1.33 bits per heavy atom. The van der Waals surface area contributed by atoms with Crippen molar-refractivity contribution in [2.45, 2.75) is 25.7 Å². The largest absolute Gasteiger partial charge is 0.497 e.